The van der Waals surface area contributed by atoms with E-state index in [0.717, 1.165) is 6.92 Å². The quantitative estimate of drug-likeness (QED) is 0.213. The summed E-state index contributed by atoms with van der Waals surface area (Å²) in [5.41, 5.74) is 8.08. The van der Waals surface area contributed by atoms with E-state index in [1.165, 1.54) is 13.8 Å². The second kappa shape index (κ2) is 5.20. The summed E-state index contributed by atoms with van der Waals surface area (Å²) in [6, 6.07) is -0.555. The summed E-state index contributed by atoms with van der Waals surface area (Å²) in [7, 11) is 0. The SMILES string of the molecule is CC(=O)C(=[N+]=[N-])C(=O)C(C)C1NC(=O)C1C(C)O. The highest BCUT2D eigenvalue weighted by molar-refractivity contribution is 6.64. The Labute approximate surface area is 104 Å². The molecule has 0 spiro atoms. The number of nitrogens with zero attached hydrogens (tertiary/aromatic N) is 2. The lowest BCUT2D eigenvalue weighted by molar-refractivity contribution is -0.144. The monoisotopic (exact) mass is 253 g/mol. The van der Waals surface area contributed by atoms with Gasteiger partial charge in [0, 0.05) is 12.8 Å². The number of carbonyl (C=O) groups is 3. The number of amides is 1. The van der Waals surface area contributed by atoms with Gasteiger partial charge in [-0.15, -0.1) is 0 Å². The molecule has 0 radical (unpaired) electrons. The molecular weight excluding hydrogens is 238 g/mol. The second-order valence-corrected chi connectivity index (χ2v) is 4.46. The molecule has 18 heavy (non-hydrogen) atoms. The van der Waals surface area contributed by atoms with Gasteiger partial charge in [0.1, 0.15) is 0 Å². The maximum Gasteiger partial charge on any atom is 0.400 e. The highest BCUT2D eigenvalue weighted by Gasteiger charge is 2.49. The van der Waals surface area contributed by atoms with E-state index in [4.69, 9.17) is 5.53 Å². The molecule has 0 aromatic heterocycles. The number of nitrogens with one attached hydrogen (secondary N) is 1. The minimum absolute atomic E-state index is 0.333. The van der Waals surface area contributed by atoms with Crippen molar-refractivity contribution in [3.05, 3.63) is 5.53 Å². The van der Waals surface area contributed by atoms with Crippen LogP contribution in [-0.4, -0.2) is 45.2 Å². The van der Waals surface area contributed by atoms with E-state index in [1.807, 2.05) is 0 Å². The highest BCUT2D eigenvalue weighted by atomic mass is 16.3. The number of aliphatic hydroxyl groups is 1. The van der Waals surface area contributed by atoms with Crippen LogP contribution in [0.3, 0.4) is 0 Å². The van der Waals surface area contributed by atoms with Crippen molar-refractivity contribution in [1.82, 2.24) is 5.32 Å². The topological polar surface area (TPSA) is 120 Å². The molecule has 1 heterocycles. The van der Waals surface area contributed by atoms with Crippen molar-refractivity contribution in [3.63, 3.8) is 0 Å². The zero-order valence-corrected chi connectivity index (χ0v) is 10.4. The average Bonchev–Trinajstić information content (AvgIpc) is 2.24. The normalized spacial score (nSPS) is 25.2. The molecule has 0 bridgehead atoms. The van der Waals surface area contributed by atoms with Crippen LogP contribution in [0.4, 0.5) is 0 Å². The Morgan fingerprint density at radius 3 is 2.33 bits per heavy atom. The molecule has 0 aliphatic carbocycles. The van der Waals surface area contributed by atoms with E-state index >= 15 is 0 Å². The van der Waals surface area contributed by atoms with Crippen LogP contribution in [0.25, 0.3) is 5.53 Å². The van der Waals surface area contributed by atoms with E-state index < -0.39 is 41.3 Å². The molecular formula is C11H15N3O4. The van der Waals surface area contributed by atoms with Crippen molar-refractivity contribution < 1.29 is 24.3 Å². The number of β-lactam (4-membered cyclic amide) rings is 1. The minimum atomic E-state index is -0.883. The molecule has 0 aromatic carbocycles. The van der Waals surface area contributed by atoms with Crippen molar-refractivity contribution in [3.8, 4) is 0 Å². The third-order valence-corrected chi connectivity index (χ3v) is 3.14. The second-order valence-electron chi connectivity index (χ2n) is 4.46. The van der Waals surface area contributed by atoms with Gasteiger partial charge in [-0.25, -0.2) is 0 Å². The largest absolute Gasteiger partial charge is 0.400 e. The van der Waals surface area contributed by atoms with E-state index in [2.05, 4.69) is 10.1 Å². The van der Waals surface area contributed by atoms with Crippen molar-refractivity contribution in [2.45, 2.75) is 32.9 Å². The smallest absolute Gasteiger partial charge is 0.393 e. The fourth-order valence-corrected chi connectivity index (χ4v) is 2.04. The Morgan fingerprint density at radius 2 is 2.00 bits per heavy atom. The van der Waals surface area contributed by atoms with Gasteiger partial charge in [0.25, 0.3) is 5.78 Å². The Bertz CT molecular complexity index is 451. The number of Topliss-reactive ketones (excluding diaryl/α,β-unsaturated/α-hetero) is 2. The molecule has 1 saturated heterocycles. The Morgan fingerprint density at radius 1 is 1.44 bits per heavy atom. The maximum absolute atomic E-state index is 11.9. The number of rotatable bonds is 5. The van der Waals surface area contributed by atoms with E-state index in [0.29, 0.717) is 0 Å². The van der Waals surface area contributed by atoms with E-state index in [9.17, 15) is 19.5 Å². The van der Waals surface area contributed by atoms with E-state index in [-0.39, 0.29) is 5.91 Å². The van der Waals surface area contributed by atoms with Gasteiger partial charge in [0.05, 0.1) is 18.1 Å². The summed E-state index contributed by atoms with van der Waals surface area (Å²) >= 11 is 0. The lowest BCUT2D eigenvalue weighted by Gasteiger charge is -2.40. The zero-order chi connectivity index (χ0) is 14.0. The van der Waals surface area contributed by atoms with Crippen LogP contribution in [0.2, 0.25) is 0 Å². The number of aliphatic hydroxyl groups excluding tert-OH is 1. The summed E-state index contributed by atoms with van der Waals surface area (Å²) in [6.07, 6.45) is -0.883. The van der Waals surface area contributed by atoms with Gasteiger partial charge in [-0.2, -0.15) is 4.79 Å². The van der Waals surface area contributed by atoms with Crippen LogP contribution in [0.5, 0.6) is 0 Å². The van der Waals surface area contributed by atoms with Crippen molar-refractivity contribution in [1.29, 1.82) is 0 Å². The van der Waals surface area contributed by atoms with Crippen molar-refractivity contribution in [2.24, 2.45) is 11.8 Å². The first-order chi connectivity index (χ1) is 8.31. The molecule has 4 atom stereocenters. The third-order valence-electron chi connectivity index (χ3n) is 3.14. The first-order valence-electron chi connectivity index (χ1n) is 5.56. The van der Waals surface area contributed by atoms with Gasteiger partial charge in [-0.3, -0.25) is 14.4 Å². The lowest BCUT2D eigenvalue weighted by Crippen LogP contribution is -2.65. The predicted octanol–water partition coefficient (Wildman–Crippen LogP) is -1.05. The fourth-order valence-electron chi connectivity index (χ4n) is 2.04. The number of ketones is 2. The molecule has 1 aliphatic heterocycles. The molecule has 98 valence electrons. The Balaban J connectivity index is 2.86. The molecule has 0 saturated carbocycles. The number of carbonyl (C=O) groups excluding carboxylic acids is 3. The summed E-state index contributed by atoms with van der Waals surface area (Å²) in [5, 5.41) is 11.9. The fraction of sp³-hybridized carbons (Fsp3) is 0.636. The van der Waals surface area contributed by atoms with Gasteiger partial charge in [0.2, 0.25) is 11.7 Å². The Hall–Kier alpha value is -1.85. The van der Waals surface area contributed by atoms with Gasteiger partial charge in [-0.1, -0.05) is 6.92 Å². The van der Waals surface area contributed by atoms with Gasteiger partial charge < -0.3 is 16.0 Å². The lowest BCUT2D eigenvalue weighted by atomic mass is 9.76. The standard InChI is InChI=1S/C11H15N3O4/c1-4(10(17)9(14-12)6(3)16)8-7(5(2)15)11(18)13-8/h4-5,7-8,15H,1-3H3,(H,13,18). The maximum atomic E-state index is 11.9. The van der Waals surface area contributed by atoms with Crippen LogP contribution in [0.1, 0.15) is 20.8 Å². The molecule has 1 fully saturated rings. The van der Waals surface area contributed by atoms with Crippen molar-refractivity contribution >= 4 is 23.2 Å². The van der Waals surface area contributed by atoms with Gasteiger partial charge >= 0.3 is 5.71 Å². The Kier molecular flexibility index (Phi) is 4.11. The number of hydrogen-bond donors (Lipinski definition) is 2. The third kappa shape index (κ3) is 2.37. The molecule has 4 unspecified atom stereocenters. The molecule has 7 nitrogen and oxygen atoms in total. The summed E-state index contributed by atoms with van der Waals surface area (Å²) in [5.74, 6) is -3.05. The highest BCUT2D eigenvalue weighted by Crippen LogP contribution is 2.26. The molecule has 7 heteroatoms. The first-order valence-corrected chi connectivity index (χ1v) is 5.56. The molecule has 1 amide bonds. The molecule has 0 aromatic rings. The predicted molar refractivity (Wildman–Crippen MR) is 60.6 cm³/mol. The van der Waals surface area contributed by atoms with E-state index in [1.54, 1.807) is 0 Å². The van der Waals surface area contributed by atoms with Crippen LogP contribution in [0.15, 0.2) is 0 Å². The average molecular weight is 253 g/mol. The summed E-state index contributed by atoms with van der Waals surface area (Å²) in [6.45, 7) is 4.08. The van der Waals surface area contributed by atoms with Crippen LogP contribution in [-0.2, 0) is 14.4 Å². The van der Waals surface area contributed by atoms with Crippen LogP contribution < -0.4 is 5.32 Å². The van der Waals surface area contributed by atoms with Gasteiger partial charge in [-0.05, 0) is 6.92 Å². The number of hydrogen-bond acceptors (Lipinski definition) is 4. The van der Waals surface area contributed by atoms with Crippen molar-refractivity contribution in [2.75, 3.05) is 0 Å². The van der Waals surface area contributed by atoms with Crippen LogP contribution in [0, 0.1) is 11.8 Å². The summed E-state index contributed by atoms with van der Waals surface area (Å²) in [4.78, 5) is 36.9. The van der Waals surface area contributed by atoms with Crippen LogP contribution >= 0.6 is 0 Å². The minimum Gasteiger partial charge on any atom is -0.393 e. The molecule has 1 aliphatic rings. The van der Waals surface area contributed by atoms with Gasteiger partial charge in [0.15, 0.2) is 0 Å². The molecule has 1 rings (SSSR count). The summed E-state index contributed by atoms with van der Waals surface area (Å²) < 4.78 is 0. The zero-order valence-electron chi connectivity index (χ0n) is 10.4. The molecule has 2 N–H and O–H groups in total. The first kappa shape index (κ1) is 14.2.